The van der Waals surface area contributed by atoms with Gasteiger partial charge in [0.25, 0.3) is 0 Å². The molecule has 0 saturated carbocycles. The Bertz CT molecular complexity index is 1050. The molecule has 1 aromatic heterocycles. The van der Waals surface area contributed by atoms with Crippen LogP contribution in [0, 0.1) is 0 Å². The van der Waals surface area contributed by atoms with Crippen molar-refractivity contribution in [3.8, 4) is 16.9 Å². The Hall–Kier alpha value is -3.07. The van der Waals surface area contributed by atoms with E-state index in [1.54, 1.807) is 24.3 Å². The summed E-state index contributed by atoms with van der Waals surface area (Å²) in [4.78, 5) is 12.1. The Morgan fingerprint density at radius 2 is 1.45 bits per heavy atom. The summed E-state index contributed by atoms with van der Waals surface area (Å²) in [5, 5.41) is 12.2. The van der Waals surface area contributed by atoms with Crippen LogP contribution in [0.3, 0.4) is 0 Å². The molecule has 0 unspecified atom stereocenters. The van der Waals surface area contributed by atoms with Crippen LogP contribution in [0.1, 0.15) is 0 Å². The molecule has 3 nitrogen and oxygen atoms in total. The molecule has 0 radical (unpaired) electrons. The number of phenolic OH excluding ortho intramolecular Hbond substituents is 1. The minimum atomic E-state index is -0.396. The summed E-state index contributed by atoms with van der Waals surface area (Å²) in [7, 11) is 0. The number of benzene rings is 3. The van der Waals surface area contributed by atoms with Gasteiger partial charge in [0.1, 0.15) is 11.3 Å². The van der Waals surface area contributed by atoms with Gasteiger partial charge in [0.2, 0.25) is 0 Å². The summed E-state index contributed by atoms with van der Waals surface area (Å²) in [6.45, 7) is 0. The lowest BCUT2D eigenvalue weighted by atomic mass is 10.0. The van der Waals surface area contributed by atoms with E-state index in [0.29, 0.717) is 21.7 Å². The second-order valence-corrected chi connectivity index (χ2v) is 5.17. The molecule has 0 aliphatic rings. The third-order valence-corrected chi connectivity index (χ3v) is 3.81. The molecule has 106 valence electrons. The maximum atomic E-state index is 12.1. The zero-order chi connectivity index (χ0) is 15.1. The minimum absolute atomic E-state index is 0.108. The molecule has 3 aromatic carbocycles. The van der Waals surface area contributed by atoms with Gasteiger partial charge >= 0.3 is 5.63 Å². The molecule has 0 amide bonds. The largest absolute Gasteiger partial charge is 0.507 e. The highest BCUT2D eigenvalue weighted by atomic mass is 16.4. The van der Waals surface area contributed by atoms with Gasteiger partial charge in [0.05, 0.1) is 10.8 Å². The first kappa shape index (κ1) is 12.7. The average molecular weight is 288 g/mol. The second kappa shape index (κ2) is 4.74. The highest BCUT2D eigenvalue weighted by Crippen LogP contribution is 2.35. The van der Waals surface area contributed by atoms with Crippen LogP contribution in [0.25, 0.3) is 32.9 Å². The Morgan fingerprint density at radius 1 is 0.773 bits per heavy atom. The van der Waals surface area contributed by atoms with E-state index in [2.05, 4.69) is 0 Å². The van der Waals surface area contributed by atoms with Gasteiger partial charge in [-0.15, -0.1) is 0 Å². The van der Waals surface area contributed by atoms with Crippen LogP contribution in [0.15, 0.2) is 75.9 Å². The van der Waals surface area contributed by atoms with Gasteiger partial charge in [-0.3, -0.25) is 0 Å². The van der Waals surface area contributed by atoms with Crippen LogP contribution >= 0.6 is 0 Å². The first-order valence-corrected chi connectivity index (χ1v) is 6.98. The standard InChI is InChI=1S/C19H12O3/c20-16-10-13(12-6-2-1-3-7-12)11-17-18(16)14-8-4-5-9-15(14)19(21)22-17/h1-11,20H. The molecule has 3 heteroatoms. The number of phenols is 1. The molecule has 0 bridgehead atoms. The van der Waals surface area contributed by atoms with Crippen molar-refractivity contribution < 1.29 is 9.52 Å². The van der Waals surface area contributed by atoms with Crippen LogP contribution in [-0.4, -0.2) is 5.11 Å². The van der Waals surface area contributed by atoms with Gasteiger partial charge in [0, 0.05) is 5.39 Å². The lowest BCUT2D eigenvalue weighted by molar-refractivity contribution is 0.480. The number of rotatable bonds is 1. The molecule has 0 atom stereocenters. The quantitative estimate of drug-likeness (QED) is 0.419. The molecule has 0 aliphatic carbocycles. The van der Waals surface area contributed by atoms with E-state index < -0.39 is 5.63 Å². The second-order valence-electron chi connectivity index (χ2n) is 5.17. The minimum Gasteiger partial charge on any atom is -0.507 e. The molecule has 1 N–H and O–H groups in total. The van der Waals surface area contributed by atoms with Crippen molar-refractivity contribution in [2.45, 2.75) is 0 Å². The third-order valence-electron chi connectivity index (χ3n) is 3.81. The van der Waals surface area contributed by atoms with Crippen molar-refractivity contribution in [1.29, 1.82) is 0 Å². The molecule has 0 saturated heterocycles. The smallest absolute Gasteiger partial charge is 0.344 e. The van der Waals surface area contributed by atoms with Crippen molar-refractivity contribution in [2.24, 2.45) is 0 Å². The van der Waals surface area contributed by atoms with Gasteiger partial charge in [-0.05, 0) is 29.3 Å². The van der Waals surface area contributed by atoms with E-state index in [-0.39, 0.29) is 5.75 Å². The first-order chi connectivity index (χ1) is 10.7. The summed E-state index contributed by atoms with van der Waals surface area (Å²) >= 11 is 0. The molecular weight excluding hydrogens is 276 g/mol. The molecule has 4 rings (SSSR count). The van der Waals surface area contributed by atoms with Gasteiger partial charge in [0.15, 0.2) is 0 Å². The maximum Gasteiger partial charge on any atom is 0.344 e. The Kier molecular flexibility index (Phi) is 2.73. The molecule has 0 fully saturated rings. The molecule has 0 spiro atoms. The van der Waals surface area contributed by atoms with E-state index in [4.69, 9.17) is 4.42 Å². The fraction of sp³-hybridized carbons (Fsp3) is 0. The van der Waals surface area contributed by atoms with Gasteiger partial charge in [-0.2, -0.15) is 0 Å². The first-order valence-electron chi connectivity index (χ1n) is 6.98. The topological polar surface area (TPSA) is 50.4 Å². The van der Waals surface area contributed by atoms with E-state index in [0.717, 1.165) is 11.1 Å². The fourth-order valence-corrected chi connectivity index (χ4v) is 2.78. The molecule has 22 heavy (non-hydrogen) atoms. The average Bonchev–Trinajstić information content (AvgIpc) is 2.55. The van der Waals surface area contributed by atoms with Crippen molar-refractivity contribution in [2.75, 3.05) is 0 Å². The number of hydrogen-bond donors (Lipinski definition) is 1. The molecular formula is C19H12O3. The fourth-order valence-electron chi connectivity index (χ4n) is 2.78. The summed E-state index contributed by atoms with van der Waals surface area (Å²) in [5.41, 5.74) is 1.76. The highest BCUT2D eigenvalue weighted by molar-refractivity contribution is 6.08. The zero-order valence-electron chi connectivity index (χ0n) is 11.6. The predicted molar refractivity (Wildman–Crippen MR) is 87.1 cm³/mol. The van der Waals surface area contributed by atoms with Gasteiger partial charge in [-0.1, -0.05) is 48.5 Å². The molecule has 4 aromatic rings. The lowest BCUT2D eigenvalue weighted by Crippen LogP contribution is -1.99. The summed E-state index contributed by atoms with van der Waals surface area (Å²) in [6, 6.07) is 20.3. The monoisotopic (exact) mass is 288 g/mol. The molecule has 0 aliphatic heterocycles. The Balaban J connectivity index is 2.12. The SMILES string of the molecule is O=c1oc2cc(-c3ccccc3)cc(O)c2c2ccccc12. The predicted octanol–water partition coefficient (Wildman–Crippen LogP) is 4.32. The normalized spacial score (nSPS) is 11.1. The number of hydrogen-bond acceptors (Lipinski definition) is 3. The number of aromatic hydroxyl groups is 1. The van der Waals surface area contributed by atoms with E-state index in [1.807, 2.05) is 42.5 Å². The van der Waals surface area contributed by atoms with Crippen LogP contribution in [-0.2, 0) is 0 Å². The Labute approximate surface area is 126 Å². The third kappa shape index (κ3) is 1.87. The van der Waals surface area contributed by atoms with Crippen molar-refractivity contribution in [1.82, 2.24) is 0 Å². The van der Waals surface area contributed by atoms with Crippen LogP contribution < -0.4 is 5.63 Å². The van der Waals surface area contributed by atoms with Crippen molar-refractivity contribution in [3.05, 3.63) is 77.2 Å². The van der Waals surface area contributed by atoms with Crippen LogP contribution in [0.4, 0.5) is 0 Å². The van der Waals surface area contributed by atoms with Crippen LogP contribution in [0.5, 0.6) is 5.75 Å². The molecule has 1 heterocycles. The summed E-state index contributed by atoms with van der Waals surface area (Å²) in [6.07, 6.45) is 0. The van der Waals surface area contributed by atoms with E-state index >= 15 is 0 Å². The van der Waals surface area contributed by atoms with Crippen molar-refractivity contribution >= 4 is 21.7 Å². The number of fused-ring (bicyclic) bond motifs is 3. The lowest BCUT2D eigenvalue weighted by Gasteiger charge is -2.08. The Morgan fingerprint density at radius 3 is 2.23 bits per heavy atom. The van der Waals surface area contributed by atoms with Gasteiger partial charge < -0.3 is 9.52 Å². The summed E-state index contributed by atoms with van der Waals surface area (Å²) < 4.78 is 5.40. The maximum absolute atomic E-state index is 12.1. The van der Waals surface area contributed by atoms with Crippen LogP contribution in [0.2, 0.25) is 0 Å². The highest BCUT2D eigenvalue weighted by Gasteiger charge is 2.12. The zero-order valence-corrected chi connectivity index (χ0v) is 11.6. The van der Waals surface area contributed by atoms with E-state index in [9.17, 15) is 9.90 Å². The van der Waals surface area contributed by atoms with Crippen molar-refractivity contribution in [3.63, 3.8) is 0 Å². The summed E-state index contributed by atoms with van der Waals surface area (Å²) in [5.74, 6) is 0.108. The van der Waals surface area contributed by atoms with E-state index in [1.165, 1.54) is 0 Å². The van der Waals surface area contributed by atoms with Gasteiger partial charge in [-0.25, -0.2) is 4.79 Å².